The van der Waals surface area contributed by atoms with E-state index in [9.17, 15) is 13.2 Å². The Hall–Kier alpha value is -1.68. The van der Waals surface area contributed by atoms with Crippen LogP contribution in [-0.4, -0.2) is 71.8 Å². The van der Waals surface area contributed by atoms with Gasteiger partial charge in [-0.25, -0.2) is 8.42 Å². The van der Waals surface area contributed by atoms with Crippen molar-refractivity contribution in [3.05, 3.63) is 23.8 Å². The smallest absolute Gasteiger partial charge is 0.244 e. The molecule has 27 heavy (non-hydrogen) atoms. The molecule has 1 aromatic rings. The normalized spacial score (nSPS) is 16.7. The van der Waals surface area contributed by atoms with Gasteiger partial charge in [-0.3, -0.25) is 9.69 Å². The molecule has 0 radical (unpaired) electrons. The number of carbonyl (C=O) groups is 1. The maximum atomic E-state index is 12.6. The van der Waals surface area contributed by atoms with Crippen LogP contribution in [0.4, 0.5) is 0 Å². The number of sulfonamides is 1. The van der Waals surface area contributed by atoms with Crippen molar-refractivity contribution in [2.24, 2.45) is 0 Å². The number of morpholine rings is 1. The van der Waals surface area contributed by atoms with Crippen molar-refractivity contribution >= 4 is 15.9 Å². The molecule has 0 spiro atoms. The highest BCUT2D eigenvalue weighted by Gasteiger charge is 2.25. The van der Waals surface area contributed by atoms with E-state index in [1.165, 1.54) is 20.1 Å². The summed E-state index contributed by atoms with van der Waals surface area (Å²) in [5, 5.41) is 2.78. The molecule has 9 heteroatoms. The van der Waals surface area contributed by atoms with Crippen molar-refractivity contribution in [2.45, 2.75) is 31.2 Å². The standard InChI is InChI=1S/C18H29N3O5S/c1-14-5-6-16(25-3)17(13-14)27(23,24)20-15(2)18(22)19-7-4-8-21-9-11-26-12-10-21/h5-6,13,15,20H,4,7-12H2,1-3H3,(H,19,22)/t15-/m0/s1. The van der Waals surface area contributed by atoms with Crippen LogP contribution in [0, 0.1) is 6.92 Å². The highest BCUT2D eigenvalue weighted by molar-refractivity contribution is 7.89. The molecule has 1 saturated heterocycles. The molecule has 2 N–H and O–H groups in total. The van der Waals surface area contributed by atoms with Gasteiger partial charge in [0.05, 0.1) is 26.4 Å². The van der Waals surface area contributed by atoms with Gasteiger partial charge in [-0.2, -0.15) is 4.72 Å². The van der Waals surface area contributed by atoms with Crippen LogP contribution < -0.4 is 14.8 Å². The summed E-state index contributed by atoms with van der Waals surface area (Å²) < 4.78 is 38.1. The summed E-state index contributed by atoms with van der Waals surface area (Å²) in [4.78, 5) is 14.5. The van der Waals surface area contributed by atoms with E-state index in [0.717, 1.165) is 44.8 Å². The highest BCUT2D eigenvalue weighted by atomic mass is 32.2. The maximum Gasteiger partial charge on any atom is 0.244 e. The second kappa shape index (κ2) is 10.0. The predicted molar refractivity (Wildman–Crippen MR) is 102 cm³/mol. The number of ether oxygens (including phenoxy) is 2. The monoisotopic (exact) mass is 399 g/mol. The van der Waals surface area contributed by atoms with Crippen LogP contribution in [0.5, 0.6) is 5.75 Å². The van der Waals surface area contributed by atoms with E-state index in [-0.39, 0.29) is 16.6 Å². The van der Waals surface area contributed by atoms with Gasteiger partial charge in [-0.05, 0) is 44.5 Å². The number of nitrogens with one attached hydrogen (secondary N) is 2. The maximum absolute atomic E-state index is 12.6. The Morgan fingerprint density at radius 1 is 1.33 bits per heavy atom. The predicted octanol–water partition coefficient (Wildman–Crippen LogP) is 0.509. The lowest BCUT2D eigenvalue weighted by molar-refractivity contribution is -0.122. The molecule has 0 aliphatic carbocycles. The number of aryl methyl sites for hydroxylation is 1. The number of carbonyl (C=O) groups excluding carboxylic acids is 1. The van der Waals surface area contributed by atoms with Gasteiger partial charge < -0.3 is 14.8 Å². The Balaban J connectivity index is 1.84. The third-order valence-electron chi connectivity index (χ3n) is 4.39. The molecule has 0 saturated carbocycles. The summed E-state index contributed by atoms with van der Waals surface area (Å²) in [6.45, 7) is 7.99. The van der Waals surface area contributed by atoms with E-state index in [1.54, 1.807) is 19.1 Å². The molecule has 1 aliphatic heterocycles. The van der Waals surface area contributed by atoms with Crippen LogP contribution in [0.3, 0.4) is 0 Å². The third-order valence-corrected chi connectivity index (χ3v) is 5.95. The topological polar surface area (TPSA) is 97.0 Å². The van der Waals surface area contributed by atoms with Crippen LogP contribution in [0.15, 0.2) is 23.1 Å². The van der Waals surface area contributed by atoms with Crippen molar-refractivity contribution in [1.82, 2.24) is 14.9 Å². The van der Waals surface area contributed by atoms with Crippen molar-refractivity contribution in [3.63, 3.8) is 0 Å². The molecule has 0 aromatic heterocycles. The Morgan fingerprint density at radius 2 is 2.04 bits per heavy atom. The molecule has 0 unspecified atom stereocenters. The van der Waals surface area contributed by atoms with Crippen LogP contribution in [0.1, 0.15) is 18.9 Å². The first-order valence-corrected chi connectivity index (χ1v) is 10.6. The zero-order chi connectivity index (χ0) is 19.9. The summed E-state index contributed by atoms with van der Waals surface area (Å²) in [5.74, 6) is -0.113. The molecule has 1 aliphatic rings. The van der Waals surface area contributed by atoms with Crippen molar-refractivity contribution in [1.29, 1.82) is 0 Å². The minimum Gasteiger partial charge on any atom is -0.495 e. The summed E-state index contributed by atoms with van der Waals surface area (Å²) in [6, 6.07) is 4.00. The quantitative estimate of drug-likeness (QED) is 0.588. The van der Waals surface area contributed by atoms with Gasteiger partial charge in [0.2, 0.25) is 15.9 Å². The van der Waals surface area contributed by atoms with Gasteiger partial charge in [0.25, 0.3) is 0 Å². The van der Waals surface area contributed by atoms with E-state index in [2.05, 4.69) is 14.9 Å². The fraction of sp³-hybridized carbons (Fsp3) is 0.611. The number of benzene rings is 1. The number of rotatable bonds is 9. The van der Waals surface area contributed by atoms with E-state index >= 15 is 0 Å². The molecule has 0 bridgehead atoms. The number of hydrogen-bond donors (Lipinski definition) is 2. The van der Waals surface area contributed by atoms with Crippen LogP contribution >= 0.6 is 0 Å². The summed E-state index contributed by atoms with van der Waals surface area (Å²) in [7, 11) is -2.46. The number of hydrogen-bond acceptors (Lipinski definition) is 6. The lowest BCUT2D eigenvalue weighted by Crippen LogP contribution is -2.45. The second-order valence-corrected chi connectivity index (χ2v) is 8.28. The Morgan fingerprint density at radius 3 is 2.70 bits per heavy atom. The molecule has 1 amide bonds. The number of amides is 1. The molecular formula is C18H29N3O5S. The van der Waals surface area contributed by atoms with E-state index in [4.69, 9.17) is 9.47 Å². The molecule has 1 heterocycles. The summed E-state index contributed by atoms with van der Waals surface area (Å²) in [6.07, 6.45) is 0.802. The van der Waals surface area contributed by atoms with Gasteiger partial charge in [0.1, 0.15) is 10.6 Å². The molecule has 2 rings (SSSR count). The SMILES string of the molecule is COc1ccc(C)cc1S(=O)(=O)N[C@@H](C)C(=O)NCCCN1CCOCC1. The average Bonchev–Trinajstić information content (AvgIpc) is 2.65. The lowest BCUT2D eigenvalue weighted by atomic mass is 10.2. The molecule has 1 atom stereocenters. The van der Waals surface area contributed by atoms with Gasteiger partial charge >= 0.3 is 0 Å². The number of methoxy groups -OCH3 is 1. The Labute approximate surface area is 161 Å². The second-order valence-electron chi connectivity index (χ2n) is 6.60. The van der Waals surface area contributed by atoms with Gasteiger partial charge in [0.15, 0.2) is 0 Å². The van der Waals surface area contributed by atoms with Gasteiger partial charge in [-0.15, -0.1) is 0 Å². The fourth-order valence-electron chi connectivity index (χ4n) is 2.84. The zero-order valence-electron chi connectivity index (χ0n) is 16.2. The van der Waals surface area contributed by atoms with Gasteiger partial charge in [0, 0.05) is 19.6 Å². The Bertz CT molecular complexity index is 733. The van der Waals surface area contributed by atoms with Gasteiger partial charge in [-0.1, -0.05) is 6.07 Å². The Kier molecular flexibility index (Phi) is 8.03. The molecule has 8 nitrogen and oxygen atoms in total. The summed E-state index contributed by atoms with van der Waals surface area (Å²) >= 11 is 0. The van der Waals surface area contributed by atoms with Crippen LogP contribution in [0.25, 0.3) is 0 Å². The minimum atomic E-state index is -3.88. The molecular weight excluding hydrogens is 370 g/mol. The first kappa shape index (κ1) is 21.6. The largest absolute Gasteiger partial charge is 0.495 e. The van der Waals surface area contributed by atoms with Crippen LogP contribution in [0.2, 0.25) is 0 Å². The molecule has 1 fully saturated rings. The van der Waals surface area contributed by atoms with Crippen molar-refractivity contribution in [2.75, 3.05) is 46.5 Å². The van der Waals surface area contributed by atoms with E-state index < -0.39 is 16.1 Å². The van der Waals surface area contributed by atoms with Crippen LogP contribution in [-0.2, 0) is 19.6 Å². The highest BCUT2D eigenvalue weighted by Crippen LogP contribution is 2.24. The van der Waals surface area contributed by atoms with Crippen molar-refractivity contribution < 1.29 is 22.7 Å². The fourth-order valence-corrected chi connectivity index (χ4v) is 4.29. The average molecular weight is 400 g/mol. The van der Waals surface area contributed by atoms with E-state index in [0.29, 0.717) is 6.54 Å². The number of nitrogens with zero attached hydrogens (tertiary/aromatic N) is 1. The van der Waals surface area contributed by atoms with Crippen molar-refractivity contribution in [3.8, 4) is 5.75 Å². The third kappa shape index (κ3) is 6.46. The summed E-state index contributed by atoms with van der Waals surface area (Å²) in [5.41, 5.74) is 0.788. The minimum absolute atomic E-state index is 0.0250. The first-order valence-electron chi connectivity index (χ1n) is 9.08. The first-order chi connectivity index (χ1) is 12.8. The molecule has 1 aromatic carbocycles. The zero-order valence-corrected chi connectivity index (χ0v) is 17.0. The van der Waals surface area contributed by atoms with E-state index in [1.807, 2.05) is 0 Å². The molecule has 152 valence electrons. The lowest BCUT2D eigenvalue weighted by Gasteiger charge is -2.26.